The lowest BCUT2D eigenvalue weighted by Gasteiger charge is -2.40. The average molecular weight is 579 g/mol. The van der Waals surface area contributed by atoms with E-state index in [0.29, 0.717) is 19.3 Å². The van der Waals surface area contributed by atoms with E-state index in [-0.39, 0.29) is 12.2 Å². The van der Waals surface area contributed by atoms with Crippen molar-refractivity contribution in [2.24, 2.45) is 0 Å². The fourth-order valence-corrected chi connectivity index (χ4v) is 4.26. The van der Waals surface area contributed by atoms with Crippen molar-refractivity contribution < 1.29 is 49.3 Å². The SMILES string of the molecule is CO[C@H]1C=CC=CCCC[C@@H](C)OC(=O)C=CC=CC[C@H](O[C@H]2O[C@@H](CO)[C@H](O)[C@@H](O)[C@@H]2O)/C=C/C=CC[C@H](O)C1. The molecule has 0 radical (unpaired) electrons. The number of aliphatic hydroxyl groups is 5. The van der Waals surface area contributed by atoms with Gasteiger partial charge in [0.05, 0.1) is 31.0 Å². The fourth-order valence-electron chi connectivity index (χ4n) is 4.26. The van der Waals surface area contributed by atoms with Crippen LogP contribution in [0.25, 0.3) is 0 Å². The highest BCUT2D eigenvalue weighted by Crippen LogP contribution is 2.24. The van der Waals surface area contributed by atoms with Gasteiger partial charge in [-0.3, -0.25) is 0 Å². The Balaban J connectivity index is 2.14. The van der Waals surface area contributed by atoms with Crippen molar-refractivity contribution in [2.75, 3.05) is 13.7 Å². The molecule has 2 aliphatic rings. The molecule has 0 aromatic rings. The Hall–Kier alpha value is -2.41. The summed E-state index contributed by atoms with van der Waals surface area (Å²) in [6.45, 7) is 1.29. The molecule has 0 bridgehead atoms. The van der Waals surface area contributed by atoms with Crippen LogP contribution in [0.15, 0.2) is 72.9 Å². The minimum absolute atomic E-state index is 0.223. The molecule has 230 valence electrons. The molecule has 0 spiro atoms. The summed E-state index contributed by atoms with van der Waals surface area (Å²) in [7, 11) is 1.60. The Morgan fingerprint density at radius 3 is 2.29 bits per heavy atom. The van der Waals surface area contributed by atoms with Crippen molar-refractivity contribution in [1.29, 1.82) is 0 Å². The van der Waals surface area contributed by atoms with Crippen LogP contribution in [0.4, 0.5) is 0 Å². The Morgan fingerprint density at radius 2 is 1.56 bits per heavy atom. The average Bonchev–Trinajstić information content (AvgIpc) is 2.94. The van der Waals surface area contributed by atoms with Crippen molar-refractivity contribution in [3.8, 4) is 0 Å². The zero-order valence-electron chi connectivity index (χ0n) is 23.9. The first kappa shape index (κ1) is 34.8. The quantitative estimate of drug-likeness (QED) is 0.314. The van der Waals surface area contributed by atoms with Crippen molar-refractivity contribution in [3.05, 3.63) is 72.9 Å². The lowest BCUT2D eigenvalue weighted by Crippen LogP contribution is -2.59. The summed E-state index contributed by atoms with van der Waals surface area (Å²) < 4.78 is 22.2. The molecule has 0 saturated carbocycles. The number of hydrogen-bond donors (Lipinski definition) is 5. The molecule has 2 aliphatic heterocycles. The maximum atomic E-state index is 12.1. The van der Waals surface area contributed by atoms with E-state index in [0.717, 1.165) is 19.3 Å². The van der Waals surface area contributed by atoms with Crippen molar-refractivity contribution >= 4 is 5.97 Å². The first-order valence-electron chi connectivity index (χ1n) is 14.1. The summed E-state index contributed by atoms with van der Waals surface area (Å²) in [6, 6.07) is 0. The van der Waals surface area contributed by atoms with Crippen LogP contribution < -0.4 is 0 Å². The van der Waals surface area contributed by atoms with E-state index in [1.165, 1.54) is 6.08 Å². The molecule has 0 aromatic heterocycles. The molecule has 10 nitrogen and oxygen atoms in total. The molecule has 1 saturated heterocycles. The Labute approximate surface area is 242 Å². The van der Waals surface area contributed by atoms with Gasteiger partial charge in [-0.1, -0.05) is 66.8 Å². The Morgan fingerprint density at radius 1 is 0.878 bits per heavy atom. The van der Waals surface area contributed by atoms with E-state index in [9.17, 15) is 30.3 Å². The van der Waals surface area contributed by atoms with E-state index in [1.807, 2.05) is 37.3 Å². The third-order valence-corrected chi connectivity index (χ3v) is 6.67. The van der Waals surface area contributed by atoms with Crippen LogP contribution in [0.2, 0.25) is 0 Å². The molecule has 41 heavy (non-hydrogen) atoms. The van der Waals surface area contributed by atoms with E-state index >= 15 is 0 Å². The van der Waals surface area contributed by atoms with Gasteiger partial charge in [0.2, 0.25) is 0 Å². The largest absolute Gasteiger partial charge is 0.460 e. The third kappa shape index (κ3) is 13.4. The normalized spacial score (nSPS) is 36.0. The van der Waals surface area contributed by atoms with E-state index in [4.69, 9.17) is 18.9 Å². The predicted molar refractivity (Wildman–Crippen MR) is 154 cm³/mol. The van der Waals surface area contributed by atoms with E-state index < -0.39 is 55.5 Å². The standard InChI is InChI=1S/C31H46O10/c1-22-14-8-4-3-5-10-18-25(38-2)20-23(33)15-9-6-11-16-24(17-12-7-13-19-27(34)39-22)40-31-30(37)29(36)28(35)26(21-32)41-31/h3,5-7,9-13,16,18-19,22-26,28-33,35-37H,4,8,14-15,17,20-21H2,1-2H3/b5-3?,9-6?,12-7?,16-11+,18-10?,19-13?/t22-,23+,24-,25+,26+,28+,29-,30+,31+/m1/s1. The van der Waals surface area contributed by atoms with Crippen LogP contribution >= 0.6 is 0 Å². The first-order chi connectivity index (χ1) is 19.7. The smallest absolute Gasteiger partial charge is 0.331 e. The summed E-state index contributed by atoms with van der Waals surface area (Å²) in [5.74, 6) is -0.443. The molecule has 10 heteroatoms. The summed E-state index contributed by atoms with van der Waals surface area (Å²) in [5, 5.41) is 50.4. The molecule has 5 N–H and O–H groups in total. The van der Waals surface area contributed by atoms with Gasteiger partial charge in [0.25, 0.3) is 0 Å². The highest BCUT2D eigenvalue weighted by molar-refractivity contribution is 5.82. The predicted octanol–water partition coefficient (Wildman–Crippen LogP) is 2.17. The number of hydrogen-bond acceptors (Lipinski definition) is 10. The molecule has 0 aromatic carbocycles. The van der Waals surface area contributed by atoms with Gasteiger partial charge in [0.15, 0.2) is 6.29 Å². The Kier molecular flexibility index (Phi) is 16.7. The summed E-state index contributed by atoms with van der Waals surface area (Å²) >= 11 is 0. The van der Waals surface area contributed by atoms with Gasteiger partial charge in [-0.05, 0) is 39.0 Å². The highest BCUT2D eigenvalue weighted by atomic mass is 16.7. The van der Waals surface area contributed by atoms with Crippen LogP contribution in [0.3, 0.4) is 0 Å². The highest BCUT2D eigenvalue weighted by Gasteiger charge is 2.44. The molecular formula is C31H46O10. The summed E-state index contributed by atoms with van der Waals surface area (Å²) in [4.78, 5) is 12.1. The number of esters is 1. The maximum Gasteiger partial charge on any atom is 0.331 e. The first-order valence-corrected chi connectivity index (χ1v) is 14.1. The van der Waals surface area contributed by atoms with Crippen LogP contribution in [0.5, 0.6) is 0 Å². The number of carbonyl (C=O) groups is 1. The van der Waals surface area contributed by atoms with Crippen molar-refractivity contribution in [2.45, 2.75) is 101 Å². The molecule has 0 aliphatic carbocycles. The number of aliphatic hydroxyl groups excluding tert-OH is 5. The molecule has 9 atom stereocenters. The minimum Gasteiger partial charge on any atom is -0.460 e. The van der Waals surface area contributed by atoms with Crippen LogP contribution in [0.1, 0.15) is 45.4 Å². The summed E-state index contributed by atoms with van der Waals surface area (Å²) in [6.07, 6.45) is 16.0. The van der Waals surface area contributed by atoms with Crippen molar-refractivity contribution in [3.63, 3.8) is 0 Å². The lowest BCUT2D eigenvalue weighted by molar-refractivity contribution is -0.307. The fraction of sp³-hybridized carbons (Fsp3) is 0.581. The minimum atomic E-state index is -1.56. The monoisotopic (exact) mass is 578 g/mol. The molecule has 0 unspecified atom stereocenters. The van der Waals surface area contributed by atoms with Crippen LogP contribution in [0, 0.1) is 0 Å². The zero-order valence-corrected chi connectivity index (χ0v) is 23.9. The number of allylic oxidation sites excluding steroid dienone is 7. The summed E-state index contributed by atoms with van der Waals surface area (Å²) in [5.41, 5.74) is 0. The number of cyclic esters (lactones) is 1. The topological polar surface area (TPSA) is 155 Å². The van der Waals surface area contributed by atoms with Gasteiger partial charge in [0.1, 0.15) is 24.4 Å². The van der Waals surface area contributed by atoms with Gasteiger partial charge >= 0.3 is 5.97 Å². The second kappa shape index (κ2) is 19.7. The lowest BCUT2D eigenvalue weighted by atomic mass is 9.99. The number of methoxy groups -OCH3 is 1. The number of carbonyl (C=O) groups excluding carboxylic acids is 1. The van der Waals surface area contributed by atoms with E-state index in [2.05, 4.69) is 0 Å². The van der Waals surface area contributed by atoms with Gasteiger partial charge < -0.3 is 44.5 Å². The molecule has 0 amide bonds. The number of ether oxygens (including phenoxy) is 4. The van der Waals surface area contributed by atoms with E-state index in [1.54, 1.807) is 43.6 Å². The maximum absolute atomic E-state index is 12.1. The zero-order chi connectivity index (χ0) is 30.0. The Bertz CT molecular complexity index is 922. The van der Waals surface area contributed by atoms with Crippen molar-refractivity contribution in [1.82, 2.24) is 0 Å². The van der Waals surface area contributed by atoms with Gasteiger partial charge in [-0.25, -0.2) is 4.79 Å². The second-order valence-corrected chi connectivity index (χ2v) is 10.1. The van der Waals surface area contributed by atoms with Gasteiger partial charge in [-0.15, -0.1) is 0 Å². The van der Waals surface area contributed by atoms with Crippen LogP contribution in [-0.2, 0) is 23.7 Å². The molecule has 1 fully saturated rings. The number of rotatable bonds is 4. The molecule has 2 heterocycles. The van der Waals surface area contributed by atoms with Gasteiger partial charge in [-0.2, -0.15) is 0 Å². The third-order valence-electron chi connectivity index (χ3n) is 6.67. The van der Waals surface area contributed by atoms with Crippen LogP contribution in [-0.4, -0.2) is 100 Å². The second-order valence-electron chi connectivity index (χ2n) is 10.1. The molecule has 2 rings (SSSR count). The molecular weight excluding hydrogens is 532 g/mol. The van der Waals surface area contributed by atoms with Gasteiger partial charge in [0, 0.05) is 19.6 Å².